The van der Waals surface area contributed by atoms with E-state index >= 15 is 0 Å². The first kappa shape index (κ1) is 10.7. The highest BCUT2D eigenvalue weighted by atomic mass is 35.5. The molecule has 0 atom stereocenters. The molecule has 2 nitrogen and oxygen atoms in total. The highest BCUT2D eigenvalue weighted by molar-refractivity contribution is 6.30. The Labute approximate surface area is 98.9 Å². The second kappa shape index (κ2) is 4.81. The Balaban J connectivity index is 2.36. The molecule has 0 aromatic heterocycles. The van der Waals surface area contributed by atoms with Crippen LogP contribution in [-0.4, -0.2) is 5.91 Å². The third-order valence-electron chi connectivity index (χ3n) is 2.13. The van der Waals surface area contributed by atoms with Crippen LogP contribution in [0.4, 0.5) is 0 Å². The lowest BCUT2D eigenvalue weighted by Crippen LogP contribution is -2.19. The predicted octanol–water partition coefficient (Wildman–Crippen LogP) is 2.92. The number of carbonyl (C=O) groups is 1. The Bertz CT molecular complexity index is 500. The van der Waals surface area contributed by atoms with Crippen LogP contribution in [0.15, 0.2) is 54.6 Å². The average Bonchev–Trinajstić information content (AvgIpc) is 2.23. The number of nitrogens with one attached hydrogen (secondary N) is 1. The fourth-order valence-electron chi connectivity index (χ4n) is 1.40. The topological polar surface area (TPSA) is 29.1 Å². The Morgan fingerprint density at radius 2 is 2.00 bits per heavy atom. The summed E-state index contributed by atoms with van der Waals surface area (Å²) in [6.07, 6.45) is 8.69. The first-order valence-electron chi connectivity index (χ1n) is 4.88. The molecule has 0 unspecified atom stereocenters. The number of amides is 1. The van der Waals surface area contributed by atoms with Crippen LogP contribution in [0.1, 0.15) is 5.56 Å². The molecule has 1 aliphatic rings. The van der Waals surface area contributed by atoms with E-state index < -0.39 is 0 Å². The zero-order chi connectivity index (χ0) is 11.4. The van der Waals surface area contributed by atoms with Crippen molar-refractivity contribution in [3.8, 4) is 0 Å². The zero-order valence-electron chi connectivity index (χ0n) is 8.48. The van der Waals surface area contributed by atoms with Gasteiger partial charge in [0.1, 0.15) is 0 Å². The van der Waals surface area contributed by atoms with Crippen LogP contribution < -0.4 is 5.32 Å². The largest absolute Gasteiger partial charge is 0.322 e. The van der Waals surface area contributed by atoms with Crippen molar-refractivity contribution in [1.82, 2.24) is 5.32 Å². The highest BCUT2D eigenvalue weighted by Crippen LogP contribution is 2.17. The van der Waals surface area contributed by atoms with Gasteiger partial charge in [-0.25, -0.2) is 0 Å². The van der Waals surface area contributed by atoms with E-state index in [0.717, 1.165) is 11.3 Å². The molecule has 1 aromatic carbocycles. The van der Waals surface area contributed by atoms with Gasteiger partial charge in [0, 0.05) is 16.8 Å². The molecular weight excluding hydrogens is 222 g/mol. The molecule has 2 rings (SSSR count). The van der Waals surface area contributed by atoms with Crippen LogP contribution in [0.2, 0.25) is 5.02 Å². The van der Waals surface area contributed by atoms with Crippen LogP contribution >= 0.6 is 11.6 Å². The molecule has 0 saturated carbocycles. The fourth-order valence-corrected chi connectivity index (χ4v) is 1.59. The summed E-state index contributed by atoms with van der Waals surface area (Å²) in [4.78, 5) is 11.4. The van der Waals surface area contributed by atoms with Crippen molar-refractivity contribution in [2.45, 2.75) is 0 Å². The van der Waals surface area contributed by atoms with Crippen LogP contribution in [0.3, 0.4) is 0 Å². The molecule has 0 radical (unpaired) electrons. The van der Waals surface area contributed by atoms with Gasteiger partial charge in [-0.2, -0.15) is 0 Å². The monoisotopic (exact) mass is 231 g/mol. The summed E-state index contributed by atoms with van der Waals surface area (Å²) in [5.74, 6) is -0.143. The molecule has 0 spiro atoms. The Morgan fingerprint density at radius 1 is 1.12 bits per heavy atom. The minimum Gasteiger partial charge on any atom is -0.322 e. The Morgan fingerprint density at radius 3 is 2.81 bits per heavy atom. The minimum absolute atomic E-state index is 0.143. The third-order valence-corrected chi connectivity index (χ3v) is 2.36. The van der Waals surface area contributed by atoms with E-state index in [2.05, 4.69) is 5.32 Å². The standard InChI is InChI=1S/C13H10ClNO/c14-11-6-4-5-10(9-11)12-7-2-1-3-8-13(16)15-12/h1-9H,(H,15,16). The second-order valence-electron chi connectivity index (χ2n) is 3.32. The average molecular weight is 232 g/mol. The SMILES string of the molecule is O=C1\C=C/C=C\C=C(\c2cccc(Cl)c2)N1. The van der Waals surface area contributed by atoms with E-state index in [1.54, 1.807) is 12.1 Å². The van der Waals surface area contributed by atoms with Gasteiger partial charge in [0.15, 0.2) is 0 Å². The van der Waals surface area contributed by atoms with Gasteiger partial charge in [-0.05, 0) is 23.8 Å². The predicted molar refractivity (Wildman–Crippen MR) is 65.9 cm³/mol. The number of carbonyl (C=O) groups excluding carboxylic acids is 1. The maximum absolute atomic E-state index is 11.4. The number of rotatable bonds is 1. The fraction of sp³-hybridized carbons (Fsp3) is 0. The van der Waals surface area contributed by atoms with Gasteiger partial charge in [-0.1, -0.05) is 42.0 Å². The van der Waals surface area contributed by atoms with Crippen LogP contribution in [0.5, 0.6) is 0 Å². The van der Waals surface area contributed by atoms with E-state index in [4.69, 9.17) is 11.6 Å². The number of halogens is 1. The third kappa shape index (κ3) is 2.61. The number of allylic oxidation sites excluding steroid dienone is 4. The lowest BCUT2D eigenvalue weighted by Gasteiger charge is -2.09. The lowest BCUT2D eigenvalue weighted by molar-refractivity contribution is -0.115. The molecule has 1 aliphatic heterocycles. The van der Waals surface area contributed by atoms with Gasteiger partial charge in [0.2, 0.25) is 5.91 Å². The second-order valence-corrected chi connectivity index (χ2v) is 3.76. The smallest absolute Gasteiger partial charge is 0.248 e. The molecule has 0 bridgehead atoms. The Hall–Kier alpha value is -1.80. The summed E-state index contributed by atoms with van der Waals surface area (Å²) >= 11 is 5.90. The van der Waals surface area contributed by atoms with E-state index in [-0.39, 0.29) is 5.91 Å². The molecule has 80 valence electrons. The molecule has 1 aromatic rings. The Kier molecular flexibility index (Phi) is 3.22. The van der Waals surface area contributed by atoms with Gasteiger partial charge in [-0.3, -0.25) is 4.79 Å². The van der Waals surface area contributed by atoms with Crippen LogP contribution in [-0.2, 0) is 4.79 Å². The number of hydrogen-bond acceptors (Lipinski definition) is 1. The summed E-state index contributed by atoms with van der Waals surface area (Å²) in [6.45, 7) is 0. The van der Waals surface area contributed by atoms with Crippen molar-refractivity contribution in [3.63, 3.8) is 0 Å². The molecule has 1 heterocycles. The van der Waals surface area contributed by atoms with E-state index in [0.29, 0.717) is 5.02 Å². The van der Waals surface area contributed by atoms with Crippen molar-refractivity contribution < 1.29 is 4.79 Å². The molecule has 1 amide bonds. The van der Waals surface area contributed by atoms with Gasteiger partial charge >= 0.3 is 0 Å². The molecule has 0 aliphatic carbocycles. The first-order valence-corrected chi connectivity index (χ1v) is 5.25. The highest BCUT2D eigenvalue weighted by Gasteiger charge is 2.05. The molecule has 3 heteroatoms. The van der Waals surface area contributed by atoms with Crippen LogP contribution in [0.25, 0.3) is 5.70 Å². The molecule has 16 heavy (non-hydrogen) atoms. The lowest BCUT2D eigenvalue weighted by atomic mass is 10.1. The van der Waals surface area contributed by atoms with Gasteiger partial charge < -0.3 is 5.32 Å². The molecule has 1 N–H and O–H groups in total. The first-order chi connectivity index (χ1) is 7.75. The summed E-state index contributed by atoms with van der Waals surface area (Å²) in [7, 11) is 0. The van der Waals surface area contributed by atoms with Gasteiger partial charge in [0.25, 0.3) is 0 Å². The van der Waals surface area contributed by atoms with E-state index in [9.17, 15) is 4.79 Å². The summed E-state index contributed by atoms with van der Waals surface area (Å²) < 4.78 is 0. The summed E-state index contributed by atoms with van der Waals surface area (Å²) in [6, 6.07) is 7.36. The molecule has 0 saturated heterocycles. The van der Waals surface area contributed by atoms with Crippen molar-refractivity contribution in [2.24, 2.45) is 0 Å². The summed E-state index contributed by atoms with van der Waals surface area (Å²) in [5.41, 5.74) is 1.63. The van der Waals surface area contributed by atoms with Crippen molar-refractivity contribution in [3.05, 3.63) is 65.2 Å². The quantitative estimate of drug-likeness (QED) is 0.791. The van der Waals surface area contributed by atoms with Gasteiger partial charge in [0.05, 0.1) is 0 Å². The maximum Gasteiger partial charge on any atom is 0.248 e. The number of benzene rings is 1. The van der Waals surface area contributed by atoms with E-state index in [1.807, 2.05) is 36.4 Å². The summed E-state index contributed by atoms with van der Waals surface area (Å²) in [5, 5.41) is 3.44. The van der Waals surface area contributed by atoms with Crippen molar-refractivity contribution in [2.75, 3.05) is 0 Å². The van der Waals surface area contributed by atoms with Crippen molar-refractivity contribution >= 4 is 23.2 Å². The van der Waals surface area contributed by atoms with Gasteiger partial charge in [-0.15, -0.1) is 0 Å². The van der Waals surface area contributed by atoms with E-state index in [1.165, 1.54) is 6.08 Å². The molecular formula is C13H10ClNO. The zero-order valence-corrected chi connectivity index (χ0v) is 9.24. The molecule has 0 fully saturated rings. The number of hydrogen-bond donors (Lipinski definition) is 1. The van der Waals surface area contributed by atoms with Crippen molar-refractivity contribution in [1.29, 1.82) is 0 Å². The normalized spacial score (nSPS) is 22.3. The van der Waals surface area contributed by atoms with Crippen LogP contribution in [0, 0.1) is 0 Å². The maximum atomic E-state index is 11.4. The minimum atomic E-state index is -0.143.